The summed E-state index contributed by atoms with van der Waals surface area (Å²) in [7, 11) is 1.63. The number of benzene rings is 2. The number of carbonyl (C=O) groups excluding carboxylic acids is 1. The van der Waals surface area contributed by atoms with Crippen LogP contribution in [-0.2, 0) is 16.0 Å². The second-order valence-electron chi connectivity index (χ2n) is 5.33. The van der Waals surface area contributed by atoms with Crippen LogP contribution in [0.25, 0.3) is 11.8 Å². The van der Waals surface area contributed by atoms with Gasteiger partial charge in [0, 0.05) is 12.5 Å². The molecule has 0 radical (unpaired) electrons. The van der Waals surface area contributed by atoms with Gasteiger partial charge in [0.05, 0.1) is 18.7 Å². The van der Waals surface area contributed by atoms with Crippen LogP contribution in [0.4, 0.5) is 0 Å². The largest absolute Gasteiger partial charge is 0.497 e. The Kier molecular flexibility index (Phi) is 3.86. The molecule has 1 aliphatic carbocycles. The summed E-state index contributed by atoms with van der Waals surface area (Å²) in [6.45, 7) is 1.38. The van der Waals surface area contributed by atoms with Gasteiger partial charge in [-0.2, -0.15) is 5.26 Å². The van der Waals surface area contributed by atoms with Crippen molar-refractivity contribution in [1.82, 2.24) is 0 Å². The van der Waals surface area contributed by atoms with E-state index >= 15 is 0 Å². The smallest absolute Gasteiger partial charge is 0.308 e. The normalized spacial score (nSPS) is 12.1. The van der Waals surface area contributed by atoms with E-state index in [1.807, 2.05) is 36.4 Å². The molecule has 4 nitrogen and oxygen atoms in total. The van der Waals surface area contributed by atoms with Gasteiger partial charge in [-0.15, -0.1) is 0 Å². The zero-order valence-electron chi connectivity index (χ0n) is 12.9. The first kappa shape index (κ1) is 14.9. The molecule has 23 heavy (non-hydrogen) atoms. The lowest BCUT2D eigenvalue weighted by molar-refractivity contribution is -0.134. The lowest BCUT2D eigenvalue weighted by Gasteiger charge is -2.10. The van der Waals surface area contributed by atoms with Crippen molar-refractivity contribution in [3.05, 3.63) is 64.2 Å². The molecule has 0 bridgehead atoms. The van der Waals surface area contributed by atoms with Crippen LogP contribution in [0.3, 0.4) is 0 Å². The molecule has 0 aliphatic heterocycles. The first-order valence-corrected chi connectivity index (χ1v) is 7.21. The topological polar surface area (TPSA) is 59.3 Å². The van der Waals surface area contributed by atoms with Crippen LogP contribution in [-0.4, -0.2) is 13.1 Å². The summed E-state index contributed by atoms with van der Waals surface area (Å²) in [5, 5.41) is 9.13. The van der Waals surface area contributed by atoms with Gasteiger partial charge in [-0.1, -0.05) is 6.07 Å². The van der Waals surface area contributed by atoms with Crippen LogP contribution in [0.5, 0.6) is 5.75 Å². The van der Waals surface area contributed by atoms with Crippen molar-refractivity contribution in [3.63, 3.8) is 0 Å². The van der Waals surface area contributed by atoms with Crippen LogP contribution in [0.1, 0.15) is 34.7 Å². The molecule has 0 spiro atoms. The lowest BCUT2D eigenvalue weighted by Crippen LogP contribution is -2.00. The van der Waals surface area contributed by atoms with Crippen LogP contribution >= 0.6 is 0 Å². The van der Waals surface area contributed by atoms with Gasteiger partial charge in [0.15, 0.2) is 0 Å². The summed E-state index contributed by atoms with van der Waals surface area (Å²) in [4.78, 5) is 11.4. The van der Waals surface area contributed by atoms with Crippen molar-refractivity contribution in [1.29, 1.82) is 5.26 Å². The number of esters is 1. The molecule has 114 valence electrons. The van der Waals surface area contributed by atoms with E-state index < -0.39 is 0 Å². The molecule has 0 aromatic heterocycles. The summed E-state index contributed by atoms with van der Waals surface area (Å²) >= 11 is 0. The third kappa shape index (κ3) is 2.95. The Labute approximate surface area is 134 Å². The molecule has 0 fully saturated rings. The molecule has 0 atom stereocenters. The number of rotatable bonds is 2. The summed E-state index contributed by atoms with van der Waals surface area (Å²) in [5.41, 5.74) is 4.38. The van der Waals surface area contributed by atoms with E-state index in [-0.39, 0.29) is 5.97 Å². The monoisotopic (exact) mass is 305 g/mol. The third-order valence-corrected chi connectivity index (χ3v) is 3.77. The Morgan fingerprint density at radius 3 is 2.70 bits per heavy atom. The molecule has 0 unspecified atom stereocenters. The van der Waals surface area contributed by atoms with E-state index in [1.54, 1.807) is 13.2 Å². The Morgan fingerprint density at radius 2 is 2.00 bits per heavy atom. The number of ether oxygens (including phenoxy) is 2. The number of fused-ring (bicyclic) bond motifs is 2. The first-order valence-electron chi connectivity index (χ1n) is 7.21. The molecule has 0 saturated heterocycles. The van der Waals surface area contributed by atoms with Gasteiger partial charge < -0.3 is 9.47 Å². The van der Waals surface area contributed by atoms with Crippen molar-refractivity contribution in [2.75, 3.05) is 7.11 Å². The number of methoxy groups -OCH3 is 1. The highest BCUT2D eigenvalue weighted by Crippen LogP contribution is 2.33. The number of hydrogen-bond acceptors (Lipinski definition) is 4. The molecule has 2 aromatic carbocycles. The minimum Gasteiger partial charge on any atom is -0.497 e. The number of hydrogen-bond donors (Lipinski definition) is 0. The fraction of sp³-hybridized carbons (Fsp3) is 0.158. The van der Waals surface area contributed by atoms with E-state index in [0.717, 1.165) is 28.0 Å². The quantitative estimate of drug-likeness (QED) is 0.796. The predicted octanol–water partition coefficient (Wildman–Crippen LogP) is 3.53. The van der Waals surface area contributed by atoms with Gasteiger partial charge in [-0.3, -0.25) is 4.79 Å². The van der Waals surface area contributed by atoms with Crippen molar-refractivity contribution in [2.45, 2.75) is 13.3 Å². The summed E-state index contributed by atoms with van der Waals surface area (Å²) < 4.78 is 10.7. The zero-order valence-corrected chi connectivity index (χ0v) is 12.9. The van der Waals surface area contributed by atoms with Gasteiger partial charge in [0.2, 0.25) is 0 Å². The highest BCUT2D eigenvalue weighted by molar-refractivity contribution is 5.87. The van der Waals surface area contributed by atoms with Crippen molar-refractivity contribution in [3.8, 4) is 11.8 Å². The molecule has 0 amide bonds. The summed E-state index contributed by atoms with van der Waals surface area (Å²) in [6, 6.07) is 13.3. The number of nitriles is 1. The average molecular weight is 305 g/mol. The minimum atomic E-state index is -0.372. The zero-order chi connectivity index (χ0) is 16.4. The fourth-order valence-electron chi connectivity index (χ4n) is 2.72. The molecular formula is C19H15NO3. The van der Waals surface area contributed by atoms with Gasteiger partial charge in [-0.25, -0.2) is 0 Å². The Hall–Kier alpha value is -3.06. The van der Waals surface area contributed by atoms with Gasteiger partial charge >= 0.3 is 5.97 Å². The first-order chi connectivity index (χ1) is 11.1. The highest BCUT2D eigenvalue weighted by atomic mass is 16.5. The standard InChI is InChI=1S/C19H15NO3/c1-12(21)23-19-10-14-4-5-17(22-2)9-15(14)8-16-7-13(11-20)3-6-18(16)19/h3-7,9-10H,8H2,1-2H3. The fourth-order valence-corrected chi connectivity index (χ4v) is 2.72. The lowest BCUT2D eigenvalue weighted by atomic mass is 9.97. The van der Waals surface area contributed by atoms with Gasteiger partial charge in [0.25, 0.3) is 0 Å². The van der Waals surface area contributed by atoms with Crippen molar-refractivity contribution in [2.24, 2.45) is 0 Å². The average Bonchev–Trinajstić information content (AvgIpc) is 2.69. The van der Waals surface area contributed by atoms with E-state index in [2.05, 4.69) is 6.07 Å². The Morgan fingerprint density at radius 1 is 1.17 bits per heavy atom. The molecule has 0 saturated carbocycles. The van der Waals surface area contributed by atoms with Crippen LogP contribution in [0, 0.1) is 11.3 Å². The van der Waals surface area contributed by atoms with Gasteiger partial charge in [0.1, 0.15) is 11.5 Å². The second-order valence-corrected chi connectivity index (χ2v) is 5.33. The molecular weight excluding hydrogens is 290 g/mol. The Bertz CT molecular complexity index is 859. The number of carbonyl (C=O) groups is 1. The van der Waals surface area contributed by atoms with E-state index in [1.165, 1.54) is 6.92 Å². The van der Waals surface area contributed by atoms with Crippen molar-refractivity contribution < 1.29 is 14.3 Å². The number of nitrogens with zero attached hydrogens (tertiary/aromatic N) is 1. The molecule has 1 aliphatic rings. The molecule has 4 heteroatoms. The van der Waals surface area contributed by atoms with Gasteiger partial charge in [-0.05, 0) is 59.5 Å². The summed E-state index contributed by atoms with van der Waals surface area (Å²) in [5.74, 6) is 0.899. The van der Waals surface area contributed by atoms with Crippen molar-refractivity contribution >= 4 is 17.8 Å². The summed E-state index contributed by atoms with van der Waals surface area (Å²) in [6.07, 6.45) is 2.49. The van der Waals surface area contributed by atoms with E-state index in [0.29, 0.717) is 17.7 Å². The van der Waals surface area contributed by atoms with Crippen LogP contribution in [0.2, 0.25) is 0 Å². The van der Waals surface area contributed by atoms with Crippen LogP contribution < -0.4 is 4.74 Å². The predicted molar refractivity (Wildman–Crippen MR) is 86.6 cm³/mol. The Balaban J connectivity index is 2.20. The minimum absolute atomic E-state index is 0.372. The maximum absolute atomic E-state index is 11.4. The highest BCUT2D eigenvalue weighted by Gasteiger charge is 2.18. The molecule has 3 rings (SSSR count). The maximum Gasteiger partial charge on any atom is 0.308 e. The third-order valence-electron chi connectivity index (χ3n) is 3.77. The van der Waals surface area contributed by atoms with Crippen LogP contribution in [0.15, 0.2) is 36.4 Å². The van der Waals surface area contributed by atoms with E-state index in [9.17, 15) is 4.79 Å². The maximum atomic E-state index is 11.4. The molecule has 2 aromatic rings. The molecule has 0 heterocycles. The SMILES string of the molecule is COc1ccc2c(c1)Cc1cc(C#N)ccc1C(OC(C)=O)=C2. The molecule has 0 N–H and O–H groups in total. The second kappa shape index (κ2) is 5.98. The van der Waals surface area contributed by atoms with E-state index in [4.69, 9.17) is 14.7 Å².